The zero-order chi connectivity index (χ0) is 35.7. The summed E-state index contributed by atoms with van der Waals surface area (Å²) in [6.07, 6.45) is 14.8. The average Bonchev–Trinajstić information content (AvgIpc) is 3.71. The Kier molecular flexibility index (Phi) is 14.8. The fraction of sp³-hybridized carbons (Fsp3) is 0.452. The van der Waals surface area contributed by atoms with E-state index in [1.165, 1.54) is 64.2 Å². The molecule has 0 saturated carbocycles. The van der Waals surface area contributed by atoms with Gasteiger partial charge in [-0.3, -0.25) is 0 Å². The van der Waals surface area contributed by atoms with Crippen LogP contribution in [-0.2, 0) is 20.8 Å². The maximum absolute atomic E-state index is 13.5. The Morgan fingerprint density at radius 1 is 0.588 bits per heavy atom. The van der Waals surface area contributed by atoms with E-state index in [2.05, 4.69) is 17.2 Å². The summed E-state index contributed by atoms with van der Waals surface area (Å²) in [5.74, 6) is -1.60. The third kappa shape index (κ3) is 10.8. The standard InChI is InChI=1S/C42H51N3O6/c1-2-3-4-5-6-7-8-9-10-11-12-13-23-30-36-38(50-41(47)33-26-19-15-20-27-33)39(51-42(48)34-28-21-16-22-29-34)37-35(43-44-45(36)37)31-49-40(46)32-24-17-14-18-25-32/h14-22,24-29,36,38-39H,2-13,23,30-31H2,1H3/t36-,38-,39+/m0/s1. The summed E-state index contributed by atoms with van der Waals surface area (Å²) in [6, 6.07) is 25.7. The van der Waals surface area contributed by atoms with Crippen molar-refractivity contribution in [2.24, 2.45) is 0 Å². The Hall–Kier alpha value is -4.79. The van der Waals surface area contributed by atoms with Gasteiger partial charge in [0.15, 0.2) is 12.2 Å². The van der Waals surface area contributed by atoms with Gasteiger partial charge in [0.2, 0.25) is 0 Å². The number of hydrogen-bond donors (Lipinski definition) is 0. The molecule has 0 spiro atoms. The normalized spacial score (nSPS) is 16.4. The number of aromatic nitrogens is 3. The third-order valence-electron chi connectivity index (χ3n) is 9.51. The van der Waals surface area contributed by atoms with Crippen LogP contribution < -0.4 is 0 Å². The van der Waals surface area contributed by atoms with E-state index in [-0.39, 0.29) is 6.61 Å². The molecule has 1 aliphatic heterocycles. The highest BCUT2D eigenvalue weighted by molar-refractivity contribution is 5.91. The fourth-order valence-electron chi connectivity index (χ4n) is 6.71. The molecule has 51 heavy (non-hydrogen) atoms. The molecule has 2 heterocycles. The van der Waals surface area contributed by atoms with Gasteiger partial charge in [-0.05, 0) is 42.8 Å². The van der Waals surface area contributed by atoms with Crippen molar-refractivity contribution >= 4 is 17.9 Å². The van der Waals surface area contributed by atoms with Gasteiger partial charge in [-0.25, -0.2) is 19.1 Å². The highest BCUT2D eigenvalue weighted by Crippen LogP contribution is 2.43. The molecule has 5 rings (SSSR count). The minimum atomic E-state index is -1.02. The molecule has 3 aromatic carbocycles. The van der Waals surface area contributed by atoms with Crippen LogP contribution in [0.5, 0.6) is 0 Å². The maximum atomic E-state index is 13.5. The van der Waals surface area contributed by atoms with Crippen molar-refractivity contribution in [3.8, 4) is 0 Å². The van der Waals surface area contributed by atoms with Crippen LogP contribution in [-0.4, -0.2) is 39.0 Å². The highest BCUT2D eigenvalue weighted by Gasteiger charge is 2.49. The number of ether oxygens (including phenoxy) is 3. The summed E-state index contributed by atoms with van der Waals surface area (Å²) in [6.45, 7) is 2.07. The van der Waals surface area contributed by atoms with E-state index in [4.69, 9.17) is 14.2 Å². The fourth-order valence-corrected chi connectivity index (χ4v) is 6.71. The largest absolute Gasteiger partial charge is 0.455 e. The van der Waals surface area contributed by atoms with Gasteiger partial charge in [-0.15, -0.1) is 5.10 Å². The lowest BCUT2D eigenvalue weighted by atomic mass is 10.00. The topological polar surface area (TPSA) is 110 Å². The van der Waals surface area contributed by atoms with Gasteiger partial charge in [0, 0.05) is 0 Å². The zero-order valence-electron chi connectivity index (χ0n) is 29.8. The SMILES string of the molecule is CCCCCCCCCCCCCCC[C@H]1[C@H](OC(=O)c2ccccc2)[C@H](OC(=O)c2ccccc2)c2c(COC(=O)c3ccccc3)nnn21. The molecule has 1 aromatic heterocycles. The van der Waals surface area contributed by atoms with Crippen molar-refractivity contribution in [3.63, 3.8) is 0 Å². The zero-order valence-corrected chi connectivity index (χ0v) is 29.8. The quantitative estimate of drug-likeness (QED) is 0.0482. The molecule has 0 N–H and O–H groups in total. The van der Waals surface area contributed by atoms with Crippen LogP contribution in [0.4, 0.5) is 0 Å². The summed E-state index contributed by atoms with van der Waals surface area (Å²) in [5, 5.41) is 8.84. The lowest BCUT2D eigenvalue weighted by Gasteiger charge is -2.25. The van der Waals surface area contributed by atoms with Crippen LogP contribution in [0.2, 0.25) is 0 Å². The summed E-state index contributed by atoms with van der Waals surface area (Å²) in [7, 11) is 0. The molecule has 270 valence electrons. The first-order chi connectivity index (χ1) is 25.1. The third-order valence-corrected chi connectivity index (χ3v) is 9.51. The predicted molar refractivity (Wildman–Crippen MR) is 195 cm³/mol. The highest BCUT2D eigenvalue weighted by atomic mass is 16.6. The summed E-state index contributed by atoms with van der Waals surface area (Å²) in [4.78, 5) is 39.8. The number of esters is 3. The Labute approximate surface area is 301 Å². The van der Waals surface area contributed by atoms with Gasteiger partial charge in [0.1, 0.15) is 18.0 Å². The molecule has 4 aromatic rings. The molecule has 0 fully saturated rings. The molecule has 0 radical (unpaired) electrons. The van der Waals surface area contributed by atoms with Crippen molar-refractivity contribution in [1.29, 1.82) is 0 Å². The molecule has 0 amide bonds. The smallest absolute Gasteiger partial charge is 0.338 e. The lowest BCUT2D eigenvalue weighted by molar-refractivity contribution is -0.0424. The van der Waals surface area contributed by atoms with Gasteiger partial charge in [0.25, 0.3) is 0 Å². The van der Waals surface area contributed by atoms with E-state index < -0.39 is 36.2 Å². The number of carbonyl (C=O) groups is 3. The minimum absolute atomic E-state index is 0.187. The molecule has 0 aliphatic carbocycles. The van der Waals surface area contributed by atoms with E-state index in [1.807, 2.05) is 18.2 Å². The minimum Gasteiger partial charge on any atom is -0.455 e. The molecule has 1 aliphatic rings. The molecule has 9 heteroatoms. The van der Waals surface area contributed by atoms with Crippen LogP contribution in [0.3, 0.4) is 0 Å². The number of hydrogen-bond acceptors (Lipinski definition) is 8. The maximum Gasteiger partial charge on any atom is 0.338 e. The average molecular weight is 694 g/mol. The number of nitrogens with zero attached hydrogens (tertiary/aromatic N) is 3. The molecular formula is C42H51N3O6. The van der Waals surface area contributed by atoms with Crippen LogP contribution >= 0.6 is 0 Å². The second-order valence-electron chi connectivity index (χ2n) is 13.3. The van der Waals surface area contributed by atoms with E-state index in [1.54, 1.807) is 77.5 Å². The Morgan fingerprint density at radius 2 is 1.04 bits per heavy atom. The number of fused-ring (bicyclic) bond motifs is 1. The Morgan fingerprint density at radius 3 is 1.55 bits per heavy atom. The van der Waals surface area contributed by atoms with Gasteiger partial charge in [-0.2, -0.15) is 0 Å². The van der Waals surface area contributed by atoms with E-state index in [0.717, 1.165) is 19.3 Å². The van der Waals surface area contributed by atoms with Crippen molar-refractivity contribution < 1.29 is 28.6 Å². The van der Waals surface area contributed by atoms with Gasteiger partial charge >= 0.3 is 17.9 Å². The summed E-state index contributed by atoms with van der Waals surface area (Å²) >= 11 is 0. The monoisotopic (exact) mass is 693 g/mol. The first-order valence-electron chi connectivity index (χ1n) is 18.7. The van der Waals surface area contributed by atoms with Crippen LogP contribution in [0, 0.1) is 0 Å². The number of carbonyl (C=O) groups excluding carboxylic acids is 3. The van der Waals surface area contributed by atoms with Gasteiger partial charge in [-0.1, -0.05) is 150 Å². The first-order valence-corrected chi connectivity index (χ1v) is 18.7. The number of unbranched alkanes of at least 4 members (excludes halogenated alkanes) is 12. The Bertz CT molecular complexity index is 1640. The van der Waals surface area contributed by atoms with E-state index >= 15 is 0 Å². The van der Waals surface area contributed by atoms with E-state index in [9.17, 15) is 14.4 Å². The van der Waals surface area contributed by atoms with Crippen molar-refractivity contribution in [3.05, 3.63) is 119 Å². The summed E-state index contributed by atoms with van der Waals surface area (Å²) in [5.41, 5.74) is 1.97. The lowest BCUT2D eigenvalue weighted by Crippen LogP contribution is -2.31. The second-order valence-corrected chi connectivity index (χ2v) is 13.3. The number of rotatable bonds is 21. The molecule has 0 unspecified atom stereocenters. The summed E-state index contributed by atoms with van der Waals surface area (Å²) < 4.78 is 19.7. The molecular weight excluding hydrogens is 642 g/mol. The van der Waals surface area contributed by atoms with Crippen molar-refractivity contribution in [2.45, 2.75) is 122 Å². The van der Waals surface area contributed by atoms with Gasteiger partial charge in [0.05, 0.1) is 22.7 Å². The molecule has 0 saturated heterocycles. The van der Waals surface area contributed by atoms with Crippen LogP contribution in [0.1, 0.15) is 151 Å². The second kappa shape index (κ2) is 20.2. The first kappa shape index (κ1) is 37.5. The predicted octanol–water partition coefficient (Wildman–Crippen LogP) is 9.79. The Balaban J connectivity index is 1.28. The van der Waals surface area contributed by atoms with Crippen LogP contribution in [0.25, 0.3) is 0 Å². The molecule has 0 bridgehead atoms. The van der Waals surface area contributed by atoms with E-state index in [0.29, 0.717) is 34.5 Å². The molecule has 3 atom stereocenters. The van der Waals surface area contributed by atoms with Gasteiger partial charge < -0.3 is 14.2 Å². The van der Waals surface area contributed by atoms with Crippen molar-refractivity contribution in [2.75, 3.05) is 0 Å². The van der Waals surface area contributed by atoms with Crippen molar-refractivity contribution in [1.82, 2.24) is 15.0 Å². The number of benzene rings is 3. The molecule has 9 nitrogen and oxygen atoms in total. The van der Waals surface area contributed by atoms with Crippen LogP contribution in [0.15, 0.2) is 91.0 Å².